The highest BCUT2D eigenvalue weighted by atomic mass is 35.5. The molecule has 176 valence electrons. The molecule has 7 heteroatoms. The Morgan fingerprint density at radius 2 is 1.86 bits per heavy atom. The van der Waals surface area contributed by atoms with Gasteiger partial charge in [0.1, 0.15) is 23.3 Å². The molecule has 1 aliphatic carbocycles. The zero-order valence-corrected chi connectivity index (χ0v) is 19.5. The molecule has 0 fully saturated rings. The van der Waals surface area contributed by atoms with E-state index in [0.29, 0.717) is 35.5 Å². The maximum Gasteiger partial charge on any atom is 0.311 e. The highest BCUT2D eigenvalue weighted by molar-refractivity contribution is 6.30. The molecular weight excluding hydrogens is 466 g/mol. The van der Waals surface area contributed by atoms with E-state index in [0.717, 1.165) is 17.9 Å². The van der Waals surface area contributed by atoms with Crippen LogP contribution in [0.15, 0.2) is 54.6 Å². The smallest absolute Gasteiger partial charge is 0.311 e. The number of nitrogens with zero attached hydrogens (tertiary/aromatic N) is 1. The molecule has 0 amide bonds. The molecule has 2 atom stereocenters. The maximum absolute atomic E-state index is 12.9. The molecule has 6 nitrogen and oxygen atoms in total. The van der Waals surface area contributed by atoms with Gasteiger partial charge in [0.05, 0.1) is 18.1 Å². The van der Waals surface area contributed by atoms with E-state index in [9.17, 15) is 20.0 Å². The Morgan fingerprint density at radius 3 is 2.60 bits per heavy atom. The first-order chi connectivity index (χ1) is 16.9. The molecule has 0 aromatic heterocycles. The predicted octanol–water partition coefficient (Wildman–Crippen LogP) is 5.94. The van der Waals surface area contributed by atoms with Crippen LogP contribution in [0.5, 0.6) is 17.2 Å². The minimum atomic E-state index is -0.947. The second-order valence-electron chi connectivity index (χ2n) is 8.97. The molecule has 1 N–H and O–H groups in total. The van der Waals surface area contributed by atoms with Crippen LogP contribution in [0.3, 0.4) is 0 Å². The SMILES string of the molecule is N#Cc1cc2c(cc1Oc1ccc(C(=O)CC3Cc4ccc(Cl)cc4C3)cc1)OCCC2C(=O)O. The fourth-order valence-electron chi connectivity index (χ4n) is 4.88. The monoisotopic (exact) mass is 487 g/mol. The lowest BCUT2D eigenvalue weighted by molar-refractivity contribution is -0.139. The quantitative estimate of drug-likeness (QED) is 0.432. The van der Waals surface area contributed by atoms with E-state index in [1.807, 2.05) is 18.2 Å². The fourth-order valence-corrected chi connectivity index (χ4v) is 5.08. The Bertz CT molecular complexity index is 1360. The summed E-state index contributed by atoms with van der Waals surface area (Å²) in [6.45, 7) is 0.283. The number of ether oxygens (including phenoxy) is 2. The second-order valence-corrected chi connectivity index (χ2v) is 9.40. The first kappa shape index (κ1) is 22.9. The van der Waals surface area contributed by atoms with Crippen LogP contribution >= 0.6 is 11.6 Å². The summed E-state index contributed by atoms with van der Waals surface area (Å²) in [5.74, 6) is -0.184. The van der Waals surface area contributed by atoms with E-state index in [4.69, 9.17) is 21.1 Å². The van der Waals surface area contributed by atoms with Crippen molar-refractivity contribution in [3.8, 4) is 23.3 Å². The lowest BCUT2D eigenvalue weighted by Crippen LogP contribution is -2.21. The number of benzene rings is 3. The van der Waals surface area contributed by atoms with Crippen LogP contribution in [0.25, 0.3) is 0 Å². The summed E-state index contributed by atoms with van der Waals surface area (Å²) >= 11 is 6.09. The molecule has 2 aliphatic rings. The van der Waals surface area contributed by atoms with Crippen LogP contribution in [0, 0.1) is 17.2 Å². The summed E-state index contributed by atoms with van der Waals surface area (Å²) < 4.78 is 11.5. The third-order valence-corrected chi connectivity index (χ3v) is 6.87. The normalized spacial score (nSPS) is 18.1. The topological polar surface area (TPSA) is 96.6 Å². The van der Waals surface area contributed by atoms with Gasteiger partial charge in [-0.05, 0) is 78.8 Å². The molecule has 0 saturated carbocycles. The van der Waals surface area contributed by atoms with Crippen LogP contribution in [-0.2, 0) is 17.6 Å². The van der Waals surface area contributed by atoms with Crippen LogP contribution in [-0.4, -0.2) is 23.5 Å². The third kappa shape index (κ3) is 4.73. The number of rotatable bonds is 6. The summed E-state index contributed by atoms with van der Waals surface area (Å²) in [5, 5.41) is 19.8. The van der Waals surface area contributed by atoms with Crippen LogP contribution in [0.4, 0.5) is 0 Å². The number of fused-ring (bicyclic) bond motifs is 2. The highest BCUT2D eigenvalue weighted by Crippen LogP contribution is 2.40. The molecule has 0 radical (unpaired) electrons. The fraction of sp³-hybridized carbons (Fsp3) is 0.250. The number of carbonyl (C=O) groups excluding carboxylic acids is 1. The number of Topliss-reactive ketones (excluding diaryl/α,β-unsaturated/α-hetero) is 1. The number of ketones is 1. The first-order valence-corrected chi connectivity index (χ1v) is 11.8. The molecule has 1 aliphatic heterocycles. The number of halogens is 1. The van der Waals surface area contributed by atoms with Crippen molar-refractivity contribution in [2.24, 2.45) is 5.92 Å². The van der Waals surface area contributed by atoms with Gasteiger partial charge in [0, 0.05) is 28.6 Å². The minimum absolute atomic E-state index is 0.0695. The summed E-state index contributed by atoms with van der Waals surface area (Å²) in [7, 11) is 0. The molecule has 1 heterocycles. The van der Waals surface area contributed by atoms with Gasteiger partial charge in [0.15, 0.2) is 5.78 Å². The average Bonchev–Trinajstić information content (AvgIpc) is 3.24. The van der Waals surface area contributed by atoms with Gasteiger partial charge in [-0.2, -0.15) is 5.26 Å². The Kier molecular flexibility index (Phi) is 6.19. The zero-order chi connectivity index (χ0) is 24.5. The van der Waals surface area contributed by atoms with E-state index in [2.05, 4.69) is 6.07 Å². The zero-order valence-electron chi connectivity index (χ0n) is 18.8. The van der Waals surface area contributed by atoms with Crippen molar-refractivity contribution >= 4 is 23.4 Å². The van der Waals surface area contributed by atoms with Gasteiger partial charge in [0.25, 0.3) is 0 Å². The van der Waals surface area contributed by atoms with E-state index in [1.54, 1.807) is 30.3 Å². The Balaban J connectivity index is 1.28. The number of carboxylic acid groups (broad SMARTS) is 1. The Labute approximate surface area is 207 Å². The Morgan fingerprint density at radius 1 is 1.09 bits per heavy atom. The summed E-state index contributed by atoms with van der Waals surface area (Å²) in [6.07, 6.45) is 2.53. The molecule has 0 spiro atoms. The summed E-state index contributed by atoms with van der Waals surface area (Å²) in [4.78, 5) is 24.4. The number of hydrogen-bond acceptors (Lipinski definition) is 5. The molecule has 0 bridgehead atoms. The number of aliphatic carboxylic acids is 1. The van der Waals surface area contributed by atoms with E-state index < -0.39 is 11.9 Å². The van der Waals surface area contributed by atoms with Crippen molar-refractivity contribution in [1.29, 1.82) is 5.26 Å². The van der Waals surface area contributed by atoms with Gasteiger partial charge in [-0.15, -0.1) is 0 Å². The number of nitriles is 1. The van der Waals surface area contributed by atoms with Crippen molar-refractivity contribution in [2.75, 3.05) is 6.61 Å². The molecule has 2 unspecified atom stereocenters. The van der Waals surface area contributed by atoms with Gasteiger partial charge >= 0.3 is 5.97 Å². The standard InChI is InChI=1S/C28H22ClNO5/c29-21-4-1-18-9-16(10-19(18)12-21)11-25(31)17-2-5-22(6-3-17)35-26-14-27-24(13-20(26)15-30)23(28(32)33)7-8-34-27/h1-6,12-14,16,23H,7-11H2,(H,32,33). The van der Waals surface area contributed by atoms with Crippen molar-refractivity contribution in [3.05, 3.63) is 87.4 Å². The minimum Gasteiger partial charge on any atom is -0.493 e. The summed E-state index contributed by atoms with van der Waals surface area (Å²) in [5.41, 5.74) is 3.78. The molecule has 3 aromatic rings. The van der Waals surface area contributed by atoms with Crippen molar-refractivity contribution < 1.29 is 24.2 Å². The average molecular weight is 488 g/mol. The van der Waals surface area contributed by atoms with Crippen LogP contribution < -0.4 is 9.47 Å². The number of hydrogen-bond donors (Lipinski definition) is 1. The van der Waals surface area contributed by atoms with Crippen molar-refractivity contribution in [3.63, 3.8) is 0 Å². The van der Waals surface area contributed by atoms with Gasteiger partial charge in [-0.25, -0.2) is 0 Å². The van der Waals surface area contributed by atoms with Crippen molar-refractivity contribution in [1.82, 2.24) is 0 Å². The molecule has 0 saturated heterocycles. The molecule has 35 heavy (non-hydrogen) atoms. The van der Waals surface area contributed by atoms with E-state index >= 15 is 0 Å². The molecule has 3 aromatic carbocycles. The van der Waals surface area contributed by atoms with E-state index in [-0.39, 0.29) is 29.6 Å². The highest BCUT2D eigenvalue weighted by Gasteiger charge is 2.29. The lowest BCUT2D eigenvalue weighted by atomic mass is 9.91. The molecular formula is C28H22ClNO5. The maximum atomic E-state index is 12.9. The lowest BCUT2D eigenvalue weighted by Gasteiger charge is -2.24. The van der Waals surface area contributed by atoms with Gasteiger partial charge in [-0.3, -0.25) is 9.59 Å². The van der Waals surface area contributed by atoms with Gasteiger partial charge < -0.3 is 14.6 Å². The van der Waals surface area contributed by atoms with Crippen LogP contribution in [0.1, 0.15) is 51.4 Å². The van der Waals surface area contributed by atoms with Gasteiger partial charge in [0.2, 0.25) is 0 Å². The third-order valence-electron chi connectivity index (χ3n) is 6.63. The van der Waals surface area contributed by atoms with Crippen molar-refractivity contribution in [2.45, 2.75) is 31.6 Å². The van der Waals surface area contributed by atoms with Crippen LogP contribution in [0.2, 0.25) is 5.02 Å². The number of carbonyl (C=O) groups is 2. The number of carboxylic acids is 1. The molecule has 5 rings (SSSR count). The summed E-state index contributed by atoms with van der Waals surface area (Å²) in [6, 6.07) is 17.9. The second kappa shape index (κ2) is 9.44. The Hall–Kier alpha value is -3.82. The predicted molar refractivity (Wildman–Crippen MR) is 129 cm³/mol. The van der Waals surface area contributed by atoms with Gasteiger partial charge in [-0.1, -0.05) is 17.7 Å². The first-order valence-electron chi connectivity index (χ1n) is 11.4. The van der Waals surface area contributed by atoms with E-state index in [1.165, 1.54) is 17.2 Å². The largest absolute Gasteiger partial charge is 0.493 e.